The second kappa shape index (κ2) is 42.1. The van der Waals surface area contributed by atoms with E-state index in [1.807, 2.05) is 19.0 Å². The summed E-state index contributed by atoms with van der Waals surface area (Å²) >= 11 is 0. The van der Waals surface area contributed by atoms with Crippen LogP contribution < -0.4 is 0 Å². The van der Waals surface area contributed by atoms with Gasteiger partial charge in [-0.25, -0.2) is 4.57 Å². The standard InChI is InChI=1S/C47H86NO8P/c1-5-7-9-11-13-15-17-19-21-22-23-24-26-27-29-31-33-35-37-39-46(49)53-43-45(44-55-57(51,52)54-42-41-48(3)4)56-47(50)40-38-36-34-32-30-28-25-20-18-16-14-12-10-8-6-2/h14,16,19-21,25,30,32,45H,5-13,15,17-18,22-24,26-29,31,33-44H2,1-4H3,(H,51,52)/b16-14-,21-19-,25-20-,32-30-. The van der Waals surface area contributed by atoms with Crippen molar-refractivity contribution in [3.63, 3.8) is 0 Å². The van der Waals surface area contributed by atoms with Gasteiger partial charge in [-0.05, 0) is 91.1 Å². The molecule has 0 heterocycles. The third-order valence-corrected chi connectivity index (χ3v) is 10.6. The van der Waals surface area contributed by atoms with Gasteiger partial charge in [-0.3, -0.25) is 18.6 Å². The van der Waals surface area contributed by atoms with Gasteiger partial charge in [-0.1, -0.05) is 152 Å². The van der Waals surface area contributed by atoms with E-state index >= 15 is 0 Å². The maximum absolute atomic E-state index is 12.6. The summed E-state index contributed by atoms with van der Waals surface area (Å²) in [5, 5.41) is 0. The summed E-state index contributed by atoms with van der Waals surface area (Å²) in [6, 6.07) is 0. The molecule has 10 heteroatoms. The molecule has 0 aliphatic rings. The van der Waals surface area contributed by atoms with Crippen molar-refractivity contribution in [1.29, 1.82) is 0 Å². The van der Waals surface area contributed by atoms with Crippen molar-refractivity contribution in [3.05, 3.63) is 48.6 Å². The molecular weight excluding hydrogens is 737 g/mol. The summed E-state index contributed by atoms with van der Waals surface area (Å²) in [6.45, 7) is 4.25. The second-order valence-corrected chi connectivity index (χ2v) is 17.0. The number of allylic oxidation sites excluding steroid dienone is 8. The third-order valence-electron chi connectivity index (χ3n) is 9.61. The van der Waals surface area contributed by atoms with Gasteiger partial charge < -0.3 is 19.3 Å². The average molecular weight is 824 g/mol. The van der Waals surface area contributed by atoms with E-state index in [0.29, 0.717) is 13.0 Å². The quantitative estimate of drug-likeness (QED) is 0.0278. The molecule has 0 radical (unpaired) electrons. The largest absolute Gasteiger partial charge is 0.472 e. The zero-order chi connectivity index (χ0) is 41.9. The van der Waals surface area contributed by atoms with Crippen molar-refractivity contribution >= 4 is 19.8 Å². The lowest BCUT2D eigenvalue weighted by molar-refractivity contribution is -0.161. The first-order valence-corrected chi connectivity index (χ1v) is 24.4. The van der Waals surface area contributed by atoms with Gasteiger partial charge in [-0.15, -0.1) is 0 Å². The number of phosphoric acid groups is 1. The SMILES string of the molecule is CCCCC/C=C\C/C=C\C/C=C\CCCCC(=O)OC(COC(=O)CCCCCCCCCCC/C=C\CCCCCCCC)COP(=O)(O)OCCN(C)C. The molecule has 0 rings (SSSR count). The zero-order valence-electron chi connectivity index (χ0n) is 37.0. The van der Waals surface area contributed by atoms with Gasteiger partial charge in [0.2, 0.25) is 0 Å². The van der Waals surface area contributed by atoms with Gasteiger partial charge in [0, 0.05) is 19.4 Å². The molecular formula is C47H86NO8P. The van der Waals surface area contributed by atoms with E-state index < -0.39 is 26.5 Å². The predicted octanol–water partition coefficient (Wildman–Crippen LogP) is 13.3. The molecule has 0 aliphatic heterocycles. The number of unbranched alkanes of at least 4 members (excludes halogenated alkanes) is 20. The fraction of sp³-hybridized carbons (Fsp3) is 0.787. The molecule has 0 aromatic carbocycles. The van der Waals surface area contributed by atoms with Gasteiger partial charge in [0.15, 0.2) is 6.10 Å². The number of hydrogen-bond donors (Lipinski definition) is 1. The van der Waals surface area contributed by atoms with Crippen LogP contribution in [0.4, 0.5) is 0 Å². The Labute approximate surface area is 350 Å². The third kappa shape index (κ3) is 43.4. The number of nitrogens with zero attached hydrogens (tertiary/aromatic N) is 1. The maximum Gasteiger partial charge on any atom is 0.472 e. The molecule has 2 unspecified atom stereocenters. The number of rotatable bonds is 42. The molecule has 0 bridgehead atoms. The van der Waals surface area contributed by atoms with E-state index in [2.05, 4.69) is 62.5 Å². The van der Waals surface area contributed by atoms with Crippen LogP contribution in [0.1, 0.15) is 194 Å². The van der Waals surface area contributed by atoms with Crippen molar-refractivity contribution in [1.82, 2.24) is 4.90 Å². The minimum Gasteiger partial charge on any atom is -0.462 e. The summed E-state index contributed by atoms with van der Waals surface area (Å²) in [4.78, 5) is 37.0. The summed E-state index contributed by atoms with van der Waals surface area (Å²) in [6.07, 6.45) is 47.3. The molecule has 0 aromatic heterocycles. The first-order valence-electron chi connectivity index (χ1n) is 22.9. The number of hydrogen-bond acceptors (Lipinski definition) is 8. The van der Waals surface area contributed by atoms with E-state index in [1.54, 1.807) is 0 Å². The number of ether oxygens (including phenoxy) is 2. The Morgan fingerprint density at radius 1 is 0.544 bits per heavy atom. The Balaban J connectivity index is 4.30. The van der Waals surface area contributed by atoms with Crippen LogP contribution in [0.3, 0.4) is 0 Å². The highest BCUT2D eigenvalue weighted by Crippen LogP contribution is 2.43. The van der Waals surface area contributed by atoms with Gasteiger partial charge in [0.25, 0.3) is 0 Å². The highest BCUT2D eigenvalue weighted by Gasteiger charge is 2.26. The molecule has 1 N–H and O–H groups in total. The molecule has 57 heavy (non-hydrogen) atoms. The highest BCUT2D eigenvalue weighted by atomic mass is 31.2. The fourth-order valence-corrected chi connectivity index (χ4v) is 6.78. The smallest absolute Gasteiger partial charge is 0.462 e. The molecule has 332 valence electrons. The predicted molar refractivity (Wildman–Crippen MR) is 238 cm³/mol. The Hall–Kier alpha value is -2.03. The van der Waals surface area contributed by atoms with E-state index in [-0.39, 0.29) is 32.0 Å². The maximum atomic E-state index is 12.6. The number of likely N-dealkylation sites (N-methyl/N-ethyl adjacent to an activating group) is 1. The molecule has 0 amide bonds. The number of carbonyl (C=O) groups excluding carboxylic acids is 2. The van der Waals surface area contributed by atoms with Crippen molar-refractivity contribution in [2.45, 2.75) is 200 Å². The van der Waals surface area contributed by atoms with Crippen LogP contribution in [0.2, 0.25) is 0 Å². The molecule has 2 atom stereocenters. The van der Waals surface area contributed by atoms with Crippen LogP contribution in [0.15, 0.2) is 48.6 Å². The molecule has 0 aromatic rings. The van der Waals surface area contributed by atoms with E-state index in [1.165, 1.54) is 109 Å². The molecule has 9 nitrogen and oxygen atoms in total. The van der Waals surface area contributed by atoms with E-state index in [0.717, 1.165) is 51.4 Å². The lowest BCUT2D eigenvalue weighted by Crippen LogP contribution is -2.29. The molecule has 0 spiro atoms. The van der Waals surface area contributed by atoms with Crippen LogP contribution in [0.25, 0.3) is 0 Å². The topological polar surface area (TPSA) is 112 Å². The van der Waals surface area contributed by atoms with E-state index in [9.17, 15) is 19.0 Å². The van der Waals surface area contributed by atoms with Crippen molar-refractivity contribution in [2.75, 3.05) is 40.5 Å². The Morgan fingerprint density at radius 3 is 1.49 bits per heavy atom. The van der Waals surface area contributed by atoms with Crippen molar-refractivity contribution < 1.29 is 37.6 Å². The fourth-order valence-electron chi connectivity index (χ4n) is 6.04. The highest BCUT2D eigenvalue weighted by molar-refractivity contribution is 7.47. The number of esters is 2. The lowest BCUT2D eigenvalue weighted by atomic mass is 10.1. The normalized spacial score (nSPS) is 13.8. The average Bonchev–Trinajstić information content (AvgIpc) is 3.18. The molecule has 0 saturated heterocycles. The first-order chi connectivity index (χ1) is 27.7. The van der Waals surface area contributed by atoms with Crippen LogP contribution in [-0.4, -0.2) is 68.3 Å². The number of carbonyl (C=O) groups is 2. The van der Waals surface area contributed by atoms with Gasteiger partial charge in [0.05, 0.1) is 13.2 Å². The van der Waals surface area contributed by atoms with Crippen molar-refractivity contribution in [2.24, 2.45) is 0 Å². The summed E-state index contributed by atoms with van der Waals surface area (Å²) in [5.41, 5.74) is 0. The van der Waals surface area contributed by atoms with Crippen LogP contribution >= 0.6 is 7.82 Å². The van der Waals surface area contributed by atoms with Gasteiger partial charge in [0.1, 0.15) is 6.61 Å². The van der Waals surface area contributed by atoms with Crippen LogP contribution in [0, 0.1) is 0 Å². The van der Waals surface area contributed by atoms with Crippen molar-refractivity contribution in [3.8, 4) is 0 Å². The van der Waals surface area contributed by atoms with Crippen LogP contribution in [0.5, 0.6) is 0 Å². The summed E-state index contributed by atoms with van der Waals surface area (Å²) in [5.74, 6) is -0.849. The Kier molecular flexibility index (Phi) is 40.6. The minimum atomic E-state index is -4.37. The van der Waals surface area contributed by atoms with Gasteiger partial charge in [-0.2, -0.15) is 0 Å². The molecule has 0 saturated carbocycles. The minimum absolute atomic E-state index is 0.00125. The first kappa shape index (κ1) is 55.0. The summed E-state index contributed by atoms with van der Waals surface area (Å²) in [7, 11) is -0.734. The van der Waals surface area contributed by atoms with Crippen LogP contribution in [-0.2, 0) is 32.7 Å². The summed E-state index contributed by atoms with van der Waals surface area (Å²) < 4.78 is 33.5. The number of phosphoric ester groups is 1. The Bertz CT molecular complexity index is 1090. The van der Waals surface area contributed by atoms with Gasteiger partial charge >= 0.3 is 19.8 Å². The second-order valence-electron chi connectivity index (χ2n) is 15.6. The molecule has 0 fully saturated rings. The Morgan fingerprint density at radius 2 is 0.947 bits per heavy atom. The lowest BCUT2D eigenvalue weighted by Gasteiger charge is -2.20. The van der Waals surface area contributed by atoms with E-state index in [4.69, 9.17) is 18.5 Å². The molecule has 0 aliphatic carbocycles. The monoisotopic (exact) mass is 824 g/mol. The zero-order valence-corrected chi connectivity index (χ0v) is 37.9.